The predicted octanol–water partition coefficient (Wildman–Crippen LogP) is 2.68. The van der Waals surface area contributed by atoms with Crippen LogP contribution in [0.15, 0.2) is 42.5 Å². The summed E-state index contributed by atoms with van der Waals surface area (Å²) in [4.78, 5) is 25.3. The summed E-state index contributed by atoms with van der Waals surface area (Å²) in [7, 11) is 0. The Hall–Kier alpha value is -2.87. The van der Waals surface area contributed by atoms with Gasteiger partial charge in [0, 0.05) is 5.69 Å². The Morgan fingerprint density at radius 3 is 2.33 bits per heavy atom. The van der Waals surface area contributed by atoms with Crippen molar-refractivity contribution in [3.8, 4) is 0 Å². The van der Waals surface area contributed by atoms with Gasteiger partial charge in [-0.05, 0) is 61.6 Å². The third-order valence-corrected chi connectivity index (χ3v) is 5.21. The lowest BCUT2D eigenvalue weighted by Gasteiger charge is -2.18. The summed E-state index contributed by atoms with van der Waals surface area (Å²) in [6, 6.07) is 10.7. The third-order valence-electron chi connectivity index (χ3n) is 5.21. The average molecular weight is 420 g/mol. The molecular weight excluding hydrogens is 395 g/mol. The van der Waals surface area contributed by atoms with E-state index in [4.69, 9.17) is 0 Å². The molecule has 0 fully saturated rings. The molecule has 1 aliphatic carbocycles. The lowest BCUT2D eigenvalue weighted by atomic mass is 10.1. The molecule has 160 valence electrons. The molecule has 30 heavy (non-hydrogen) atoms. The summed E-state index contributed by atoms with van der Waals surface area (Å²) in [5, 5.41) is 5.17. The van der Waals surface area contributed by atoms with Gasteiger partial charge in [-0.3, -0.25) is 9.59 Å². The smallest absolute Gasteiger partial charge is 0.321 e. The van der Waals surface area contributed by atoms with Crippen molar-refractivity contribution in [2.75, 3.05) is 30.3 Å². The van der Waals surface area contributed by atoms with E-state index in [0.29, 0.717) is 11.4 Å². The van der Waals surface area contributed by atoms with Gasteiger partial charge in [-0.2, -0.15) is 13.2 Å². The molecule has 0 bridgehead atoms. The van der Waals surface area contributed by atoms with Gasteiger partial charge in [0.15, 0.2) is 13.1 Å². The Morgan fingerprint density at radius 2 is 1.63 bits per heavy atom. The Balaban J connectivity index is 1.56. The van der Waals surface area contributed by atoms with Crippen LogP contribution in [0, 0.1) is 0 Å². The fourth-order valence-electron chi connectivity index (χ4n) is 3.66. The molecule has 8 heteroatoms. The molecular formula is C22H25F3N3O2+. The van der Waals surface area contributed by atoms with Crippen LogP contribution in [0.1, 0.15) is 30.0 Å². The number of amides is 2. The van der Waals surface area contributed by atoms with Gasteiger partial charge >= 0.3 is 6.18 Å². The van der Waals surface area contributed by atoms with E-state index in [2.05, 4.69) is 10.6 Å². The number of halogens is 3. The van der Waals surface area contributed by atoms with Crippen LogP contribution in [0.2, 0.25) is 0 Å². The Bertz CT molecular complexity index is 928. The first-order valence-electron chi connectivity index (χ1n) is 9.97. The minimum Gasteiger partial charge on any atom is -0.321 e. The highest BCUT2D eigenvalue weighted by molar-refractivity contribution is 5.93. The van der Waals surface area contributed by atoms with Crippen LogP contribution in [0.3, 0.4) is 0 Å². The molecule has 5 nitrogen and oxygen atoms in total. The van der Waals surface area contributed by atoms with Crippen LogP contribution in [-0.4, -0.2) is 31.4 Å². The molecule has 3 rings (SSSR count). The van der Waals surface area contributed by atoms with Crippen molar-refractivity contribution in [3.05, 3.63) is 59.2 Å². The largest absolute Gasteiger partial charge is 0.418 e. The highest BCUT2D eigenvalue weighted by atomic mass is 19.4. The number of hydrogen-bond donors (Lipinski definition) is 3. The molecule has 0 radical (unpaired) electrons. The molecule has 0 aromatic heterocycles. The number of fused-ring (bicyclic) bond motifs is 1. The summed E-state index contributed by atoms with van der Waals surface area (Å²) < 4.78 is 39.2. The highest BCUT2D eigenvalue weighted by Gasteiger charge is 2.33. The number of aryl methyl sites for hydroxylation is 2. The van der Waals surface area contributed by atoms with Gasteiger partial charge in [0.25, 0.3) is 11.8 Å². The maximum Gasteiger partial charge on any atom is 0.418 e. The third kappa shape index (κ3) is 5.60. The summed E-state index contributed by atoms with van der Waals surface area (Å²) in [5.74, 6) is -0.817. The van der Waals surface area contributed by atoms with Crippen LogP contribution >= 0.6 is 0 Å². The molecule has 0 heterocycles. The lowest BCUT2D eigenvalue weighted by molar-refractivity contribution is -0.881. The number of carbonyl (C=O) groups is 2. The normalized spacial score (nSPS) is 14.1. The zero-order valence-electron chi connectivity index (χ0n) is 16.7. The Kier molecular flexibility index (Phi) is 6.77. The van der Waals surface area contributed by atoms with E-state index in [-0.39, 0.29) is 24.7 Å². The minimum atomic E-state index is -4.56. The van der Waals surface area contributed by atoms with Gasteiger partial charge in [-0.25, -0.2) is 0 Å². The first-order chi connectivity index (χ1) is 14.3. The van der Waals surface area contributed by atoms with E-state index < -0.39 is 17.6 Å². The molecule has 2 aromatic carbocycles. The van der Waals surface area contributed by atoms with Crippen LogP contribution in [0.5, 0.6) is 0 Å². The zero-order chi connectivity index (χ0) is 21.7. The summed E-state index contributed by atoms with van der Waals surface area (Å²) in [5.41, 5.74) is 2.10. The maximum absolute atomic E-state index is 13.1. The number of alkyl halides is 3. The van der Waals surface area contributed by atoms with Crippen molar-refractivity contribution in [1.29, 1.82) is 0 Å². The molecule has 2 aromatic rings. The first-order valence-corrected chi connectivity index (χ1v) is 9.97. The monoisotopic (exact) mass is 420 g/mol. The predicted molar refractivity (Wildman–Crippen MR) is 108 cm³/mol. The van der Waals surface area contributed by atoms with Gasteiger partial charge in [0.05, 0.1) is 17.8 Å². The van der Waals surface area contributed by atoms with Crippen molar-refractivity contribution < 1.29 is 27.7 Å². The van der Waals surface area contributed by atoms with Crippen molar-refractivity contribution in [2.24, 2.45) is 0 Å². The molecule has 0 saturated heterocycles. The van der Waals surface area contributed by atoms with Gasteiger partial charge in [0.1, 0.15) is 0 Å². The molecule has 0 saturated carbocycles. The van der Waals surface area contributed by atoms with Crippen molar-refractivity contribution >= 4 is 23.2 Å². The topological polar surface area (TPSA) is 62.6 Å². The first kappa shape index (κ1) is 21.8. The highest BCUT2D eigenvalue weighted by Crippen LogP contribution is 2.34. The van der Waals surface area contributed by atoms with Crippen molar-refractivity contribution in [2.45, 2.75) is 32.4 Å². The number of likely N-dealkylation sites (N-methyl/N-ethyl adjacent to an activating group) is 1. The lowest BCUT2D eigenvalue weighted by Crippen LogP contribution is -3.13. The van der Waals surface area contributed by atoms with Crippen molar-refractivity contribution in [1.82, 2.24) is 0 Å². The molecule has 3 N–H and O–H groups in total. The van der Waals surface area contributed by atoms with Gasteiger partial charge in [-0.15, -0.1) is 0 Å². The van der Waals surface area contributed by atoms with Gasteiger partial charge in [-0.1, -0.05) is 18.2 Å². The number of rotatable bonds is 7. The summed E-state index contributed by atoms with van der Waals surface area (Å²) in [6.45, 7) is 2.23. The molecule has 2 amide bonds. The van der Waals surface area contributed by atoms with E-state index in [0.717, 1.165) is 31.0 Å². The van der Waals surface area contributed by atoms with E-state index in [9.17, 15) is 22.8 Å². The number of anilines is 2. The van der Waals surface area contributed by atoms with E-state index in [1.165, 1.54) is 29.3 Å². The number of carbonyl (C=O) groups excluding carboxylic acids is 2. The quantitative estimate of drug-likeness (QED) is 0.645. The molecule has 1 atom stereocenters. The van der Waals surface area contributed by atoms with E-state index in [1.54, 1.807) is 0 Å². The van der Waals surface area contributed by atoms with E-state index >= 15 is 0 Å². The number of hydrogen-bond acceptors (Lipinski definition) is 2. The van der Waals surface area contributed by atoms with Gasteiger partial charge in [0.2, 0.25) is 0 Å². The standard InChI is InChI=1S/C22H24F3N3O2/c1-2-28(13-20(29)26-17-11-10-15-6-5-7-16(15)12-17)14-21(30)27-19-9-4-3-8-18(19)22(23,24)25/h3-4,8-12H,2,5-7,13-14H2,1H3,(H,26,29)(H,27,30)/p+1. The average Bonchev–Trinajstić information content (AvgIpc) is 3.14. The molecule has 1 aliphatic rings. The second-order valence-corrected chi connectivity index (χ2v) is 7.43. The number of benzene rings is 2. The minimum absolute atomic E-state index is 0.0436. The van der Waals surface area contributed by atoms with Gasteiger partial charge < -0.3 is 15.5 Å². The van der Waals surface area contributed by atoms with E-state index in [1.807, 2.05) is 25.1 Å². The maximum atomic E-state index is 13.1. The number of para-hydroxylation sites is 1. The van der Waals surface area contributed by atoms with Crippen molar-refractivity contribution in [3.63, 3.8) is 0 Å². The molecule has 1 unspecified atom stereocenters. The number of nitrogens with one attached hydrogen (secondary N) is 3. The second-order valence-electron chi connectivity index (χ2n) is 7.43. The summed E-state index contributed by atoms with van der Waals surface area (Å²) >= 11 is 0. The fourth-order valence-corrected chi connectivity index (χ4v) is 3.66. The van der Waals surface area contributed by atoms with Crippen LogP contribution in [0.4, 0.5) is 24.5 Å². The SMILES string of the molecule is CC[NH+](CC(=O)Nc1ccc2c(c1)CCC2)CC(=O)Nc1ccccc1C(F)(F)F. The Labute approximate surface area is 173 Å². The molecule has 0 spiro atoms. The second kappa shape index (κ2) is 9.30. The zero-order valence-corrected chi connectivity index (χ0v) is 16.7. The van der Waals surface area contributed by atoms with Crippen LogP contribution in [-0.2, 0) is 28.6 Å². The Morgan fingerprint density at radius 1 is 0.967 bits per heavy atom. The molecule has 0 aliphatic heterocycles. The fraction of sp³-hybridized carbons (Fsp3) is 0.364. The van der Waals surface area contributed by atoms with Crippen LogP contribution in [0.25, 0.3) is 0 Å². The number of quaternary nitrogens is 1. The summed E-state index contributed by atoms with van der Waals surface area (Å²) in [6.07, 6.45) is -1.38. The van der Waals surface area contributed by atoms with Crippen LogP contribution < -0.4 is 15.5 Å².